The highest BCUT2D eigenvalue weighted by Gasteiger charge is 2.19. The van der Waals surface area contributed by atoms with Crippen molar-refractivity contribution < 1.29 is 0 Å². The van der Waals surface area contributed by atoms with Crippen molar-refractivity contribution >= 4 is 21.7 Å². The Balaban J connectivity index is 1.85. The monoisotopic (exact) mass is 283 g/mol. The number of rotatable bonds is 3. The van der Waals surface area contributed by atoms with Crippen LogP contribution in [-0.2, 0) is 0 Å². The molecule has 0 radical (unpaired) electrons. The molecule has 1 heterocycles. The molecule has 0 bridgehead atoms. The van der Waals surface area contributed by atoms with Crippen LogP contribution >= 0.6 is 15.9 Å². The van der Waals surface area contributed by atoms with Gasteiger partial charge in [0.05, 0.1) is 4.47 Å². The summed E-state index contributed by atoms with van der Waals surface area (Å²) in [5.41, 5.74) is 5.97. The molecule has 1 saturated carbocycles. The normalized spacial score (nSPS) is 25.4. The molecule has 1 fully saturated rings. The van der Waals surface area contributed by atoms with E-state index in [1.807, 2.05) is 12.1 Å². The van der Waals surface area contributed by atoms with Crippen LogP contribution in [0.25, 0.3) is 0 Å². The molecule has 1 aliphatic rings. The van der Waals surface area contributed by atoms with Gasteiger partial charge in [0.1, 0.15) is 5.82 Å². The second kappa shape index (κ2) is 5.64. The van der Waals surface area contributed by atoms with Crippen molar-refractivity contribution in [2.24, 2.45) is 11.7 Å². The number of nitrogens with one attached hydrogen (secondary N) is 1. The number of hydrogen-bond acceptors (Lipinski definition) is 3. The number of nitrogens with zero attached hydrogens (tertiary/aromatic N) is 1. The minimum atomic E-state index is 0.396. The van der Waals surface area contributed by atoms with Crippen molar-refractivity contribution in [2.45, 2.75) is 31.7 Å². The summed E-state index contributed by atoms with van der Waals surface area (Å²) in [5, 5.41) is 3.39. The van der Waals surface area contributed by atoms with Gasteiger partial charge >= 0.3 is 0 Å². The molecule has 1 aromatic rings. The third kappa shape index (κ3) is 3.19. The van der Waals surface area contributed by atoms with Crippen LogP contribution in [0, 0.1) is 5.92 Å². The lowest BCUT2D eigenvalue weighted by atomic mass is 9.86. The Morgan fingerprint density at radius 2 is 2.38 bits per heavy atom. The van der Waals surface area contributed by atoms with Crippen molar-refractivity contribution in [3.63, 3.8) is 0 Å². The Kier molecular flexibility index (Phi) is 4.18. The van der Waals surface area contributed by atoms with Crippen LogP contribution in [0.2, 0.25) is 0 Å². The zero-order valence-electron chi connectivity index (χ0n) is 9.32. The van der Waals surface area contributed by atoms with E-state index in [0.29, 0.717) is 12.0 Å². The van der Waals surface area contributed by atoms with Crippen LogP contribution < -0.4 is 11.1 Å². The predicted octanol–water partition coefficient (Wildman–Crippen LogP) is 2.77. The molecule has 2 unspecified atom stereocenters. The van der Waals surface area contributed by atoms with Gasteiger partial charge in [0.2, 0.25) is 0 Å². The van der Waals surface area contributed by atoms with Crippen LogP contribution in [0.3, 0.4) is 0 Å². The highest BCUT2D eigenvalue weighted by molar-refractivity contribution is 9.10. The summed E-state index contributed by atoms with van der Waals surface area (Å²) < 4.78 is 1.02. The number of halogens is 1. The Hall–Kier alpha value is -0.610. The summed E-state index contributed by atoms with van der Waals surface area (Å²) in [7, 11) is 0. The Morgan fingerprint density at radius 3 is 3.12 bits per heavy atom. The van der Waals surface area contributed by atoms with Gasteiger partial charge in [-0.3, -0.25) is 0 Å². The summed E-state index contributed by atoms with van der Waals surface area (Å²) in [6.07, 6.45) is 6.67. The quantitative estimate of drug-likeness (QED) is 0.897. The minimum absolute atomic E-state index is 0.396. The van der Waals surface area contributed by atoms with E-state index in [0.717, 1.165) is 23.3 Å². The highest BCUT2D eigenvalue weighted by Crippen LogP contribution is 2.24. The summed E-state index contributed by atoms with van der Waals surface area (Å²) in [5.74, 6) is 1.62. The number of nitrogens with two attached hydrogens (primary N) is 1. The zero-order valence-corrected chi connectivity index (χ0v) is 10.9. The fourth-order valence-corrected chi connectivity index (χ4v) is 2.67. The molecule has 2 atom stereocenters. The molecule has 3 nitrogen and oxygen atoms in total. The maximum atomic E-state index is 5.97. The van der Waals surface area contributed by atoms with Gasteiger partial charge in [-0.15, -0.1) is 0 Å². The molecule has 1 aromatic heterocycles. The SMILES string of the molecule is NC1CCCC(CNc2ncccc2Br)C1. The second-order valence-electron chi connectivity index (χ2n) is 4.51. The highest BCUT2D eigenvalue weighted by atomic mass is 79.9. The molecular formula is C12H18BrN3. The maximum absolute atomic E-state index is 5.97. The first kappa shape index (κ1) is 11.9. The average molecular weight is 284 g/mol. The zero-order chi connectivity index (χ0) is 11.4. The minimum Gasteiger partial charge on any atom is -0.369 e. The molecule has 0 spiro atoms. The lowest BCUT2D eigenvalue weighted by molar-refractivity contribution is 0.335. The Labute approximate surface area is 105 Å². The molecule has 0 aromatic carbocycles. The van der Waals surface area contributed by atoms with Crippen molar-refractivity contribution in [2.75, 3.05) is 11.9 Å². The number of anilines is 1. The van der Waals surface area contributed by atoms with Gasteiger partial charge < -0.3 is 11.1 Å². The first-order valence-corrected chi connectivity index (χ1v) is 6.65. The van der Waals surface area contributed by atoms with Gasteiger partial charge in [0.25, 0.3) is 0 Å². The van der Waals surface area contributed by atoms with Gasteiger partial charge in [0.15, 0.2) is 0 Å². The molecule has 2 rings (SSSR count). The van der Waals surface area contributed by atoms with Gasteiger partial charge in [0, 0.05) is 18.8 Å². The van der Waals surface area contributed by atoms with Crippen molar-refractivity contribution in [3.05, 3.63) is 22.8 Å². The van der Waals surface area contributed by atoms with Gasteiger partial charge in [-0.2, -0.15) is 0 Å². The van der Waals surface area contributed by atoms with E-state index in [9.17, 15) is 0 Å². The molecule has 0 amide bonds. The van der Waals surface area contributed by atoms with Gasteiger partial charge in [-0.1, -0.05) is 6.42 Å². The molecule has 3 N–H and O–H groups in total. The van der Waals surface area contributed by atoms with Crippen LogP contribution in [-0.4, -0.2) is 17.6 Å². The molecule has 4 heteroatoms. The molecule has 16 heavy (non-hydrogen) atoms. The molecule has 88 valence electrons. The predicted molar refractivity (Wildman–Crippen MR) is 70.4 cm³/mol. The standard InChI is InChI=1S/C12H18BrN3/c13-11-5-2-6-15-12(11)16-8-9-3-1-4-10(14)7-9/h2,5-6,9-10H,1,3-4,7-8,14H2,(H,15,16). The van der Waals surface area contributed by atoms with E-state index >= 15 is 0 Å². The summed E-state index contributed by atoms with van der Waals surface area (Å²) in [6, 6.07) is 4.32. The third-order valence-corrected chi connectivity index (χ3v) is 3.78. The van der Waals surface area contributed by atoms with E-state index in [1.54, 1.807) is 6.20 Å². The summed E-state index contributed by atoms with van der Waals surface area (Å²) in [6.45, 7) is 0.976. The van der Waals surface area contributed by atoms with Crippen LogP contribution in [0.4, 0.5) is 5.82 Å². The number of hydrogen-bond donors (Lipinski definition) is 2. The lowest BCUT2D eigenvalue weighted by Crippen LogP contribution is -2.31. The Bertz CT molecular complexity index is 343. The molecule has 0 saturated heterocycles. The Morgan fingerprint density at radius 1 is 1.50 bits per heavy atom. The van der Waals surface area contributed by atoms with Gasteiger partial charge in [-0.25, -0.2) is 4.98 Å². The number of aromatic nitrogens is 1. The third-order valence-electron chi connectivity index (χ3n) is 3.14. The van der Waals surface area contributed by atoms with Gasteiger partial charge in [-0.05, 0) is 53.2 Å². The van der Waals surface area contributed by atoms with E-state index < -0.39 is 0 Å². The van der Waals surface area contributed by atoms with Crippen LogP contribution in [0.5, 0.6) is 0 Å². The largest absolute Gasteiger partial charge is 0.369 e. The number of pyridine rings is 1. The lowest BCUT2D eigenvalue weighted by Gasteiger charge is -2.26. The summed E-state index contributed by atoms with van der Waals surface area (Å²) in [4.78, 5) is 4.29. The first-order valence-electron chi connectivity index (χ1n) is 5.85. The van der Waals surface area contributed by atoms with Crippen molar-refractivity contribution in [1.29, 1.82) is 0 Å². The molecule has 0 aliphatic heterocycles. The smallest absolute Gasteiger partial charge is 0.140 e. The topological polar surface area (TPSA) is 50.9 Å². The van der Waals surface area contributed by atoms with E-state index in [2.05, 4.69) is 26.2 Å². The maximum Gasteiger partial charge on any atom is 0.140 e. The average Bonchev–Trinajstić information content (AvgIpc) is 2.28. The molecule has 1 aliphatic carbocycles. The van der Waals surface area contributed by atoms with Crippen LogP contribution in [0.1, 0.15) is 25.7 Å². The fraction of sp³-hybridized carbons (Fsp3) is 0.583. The first-order chi connectivity index (χ1) is 7.75. The van der Waals surface area contributed by atoms with E-state index in [1.165, 1.54) is 19.3 Å². The summed E-state index contributed by atoms with van der Waals surface area (Å²) >= 11 is 3.48. The second-order valence-corrected chi connectivity index (χ2v) is 5.36. The van der Waals surface area contributed by atoms with Crippen molar-refractivity contribution in [3.8, 4) is 0 Å². The van der Waals surface area contributed by atoms with Crippen LogP contribution in [0.15, 0.2) is 22.8 Å². The van der Waals surface area contributed by atoms with E-state index in [4.69, 9.17) is 5.73 Å². The fourth-order valence-electron chi connectivity index (χ4n) is 2.27. The molecular weight excluding hydrogens is 266 g/mol. The van der Waals surface area contributed by atoms with Crippen molar-refractivity contribution in [1.82, 2.24) is 4.98 Å². The van der Waals surface area contributed by atoms with E-state index in [-0.39, 0.29) is 0 Å².